The molecule has 0 saturated heterocycles. The molecule has 0 spiro atoms. The van der Waals surface area contributed by atoms with Crippen LogP contribution in [0.5, 0.6) is 5.75 Å². The quantitative estimate of drug-likeness (QED) is 0.521. The molecular formula is C18H20F2N4O3S2. The third-order valence-corrected chi connectivity index (χ3v) is 6.31. The van der Waals surface area contributed by atoms with Gasteiger partial charge in [0.05, 0.1) is 40.7 Å². The van der Waals surface area contributed by atoms with Gasteiger partial charge in [0.1, 0.15) is 11.5 Å². The molecule has 0 aliphatic heterocycles. The first-order valence-electron chi connectivity index (χ1n) is 8.79. The van der Waals surface area contributed by atoms with Gasteiger partial charge in [0, 0.05) is 19.2 Å². The highest BCUT2D eigenvalue weighted by molar-refractivity contribution is 7.91. The number of hydrogen-bond acceptors (Lipinski definition) is 6. The smallest absolute Gasteiger partial charge is 0.403 e. The minimum Gasteiger partial charge on any atom is -0.611 e. The van der Waals surface area contributed by atoms with Gasteiger partial charge < -0.3 is 18.4 Å². The summed E-state index contributed by atoms with van der Waals surface area (Å²) in [5.74, 6) is -1.76. The Hall–Kier alpha value is -1.95. The van der Waals surface area contributed by atoms with Crippen molar-refractivity contribution in [1.82, 2.24) is 19.5 Å². The van der Waals surface area contributed by atoms with E-state index < -0.39 is 28.1 Å². The summed E-state index contributed by atoms with van der Waals surface area (Å²) in [5.41, 5.74) is 1.29. The molecule has 0 bridgehead atoms. The number of fused-ring (bicyclic) bond motifs is 1. The maximum absolute atomic E-state index is 12.8. The summed E-state index contributed by atoms with van der Waals surface area (Å²) in [6, 6.07) is 2.95. The molecule has 0 fully saturated rings. The van der Waals surface area contributed by atoms with Crippen LogP contribution in [0.2, 0.25) is 0 Å². The maximum atomic E-state index is 12.8. The third-order valence-electron chi connectivity index (χ3n) is 4.03. The molecule has 0 N–H and O–H groups in total. The maximum Gasteiger partial charge on any atom is 0.403 e. The van der Waals surface area contributed by atoms with Gasteiger partial charge in [-0.05, 0) is 31.9 Å². The van der Waals surface area contributed by atoms with Crippen LogP contribution in [0.3, 0.4) is 0 Å². The molecule has 7 nitrogen and oxygen atoms in total. The van der Waals surface area contributed by atoms with Crippen molar-refractivity contribution >= 4 is 33.4 Å². The van der Waals surface area contributed by atoms with Crippen molar-refractivity contribution < 1.29 is 22.6 Å². The molecule has 3 aromatic heterocycles. The molecule has 3 heterocycles. The topological polar surface area (TPSA) is 98.9 Å². The first kappa shape index (κ1) is 21.8. The van der Waals surface area contributed by atoms with Crippen molar-refractivity contribution in [2.75, 3.05) is 5.75 Å². The fourth-order valence-corrected chi connectivity index (χ4v) is 4.23. The second-order valence-corrected chi connectivity index (χ2v) is 9.46. The van der Waals surface area contributed by atoms with Gasteiger partial charge in [0.2, 0.25) is 0 Å². The Morgan fingerprint density at radius 2 is 1.90 bits per heavy atom. The van der Waals surface area contributed by atoms with E-state index >= 15 is 0 Å². The molecule has 29 heavy (non-hydrogen) atoms. The minimum atomic E-state index is -3.03. The lowest BCUT2D eigenvalue weighted by Gasteiger charge is -2.15. The number of aromatic nitrogens is 4. The number of rotatable bonds is 7. The zero-order valence-electron chi connectivity index (χ0n) is 16.3. The summed E-state index contributed by atoms with van der Waals surface area (Å²) in [5, 5.41) is -0.247. The SMILES string of the molecule is CC[S+]([O-])c1cc(OC(C)C)cnc1-c1nc2cc([S+]([O-])C(F)F)ncc2n1C. The summed E-state index contributed by atoms with van der Waals surface area (Å²) in [6.45, 7) is 5.55. The van der Waals surface area contributed by atoms with Crippen LogP contribution in [0.1, 0.15) is 20.8 Å². The lowest BCUT2D eigenvalue weighted by molar-refractivity contribution is 0.234. The molecule has 2 atom stereocenters. The molecule has 3 rings (SSSR count). The van der Waals surface area contributed by atoms with E-state index in [0.717, 1.165) is 0 Å². The molecule has 0 aromatic carbocycles. The van der Waals surface area contributed by atoms with E-state index in [0.29, 0.717) is 38.9 Å². The fraction of sp³-hybridized carbons (Fsp3) is 0.389. The molecular weight excluding hydrogens is 422 g/mol. The molecule has 3 aromatic rings. The molecule has 0 aliphatic rings. The lowest BCUT2D eigenvalue weighted by Crippen LogP contribution is -2.13. The number of hydrogen-bond donors (Lipinski definition) is 0. The highest BCUT2D eigenvalue weighted by Crippen LogP contribution is 2.31. The summed E-state index contributed by atoms with van der Waals surface area (Å²) in [7, 11) is 1.72. The number of nitrogens with zero attached hydrogens (tertiary/aromatic N) is 4. The molecule has 11 heteroatoms. The lowest BCUT2D eigenvalue weighted by atomic mass is 10.3. The van der Waals surface area contributed by atoms with Crippen molar-refractivity contribution in [3.05, 3.63) is 24.5 Å². The van der Waals surface area contributed by atoms with E-state index in [1.165, 1.54) is 18.5 Å². The van der Waals surface area contributed by atoms with E-state index in [1.54, 1.807) is 24.6 Å². The van der Waals surface area contributed by atoms with Gasteiger partial charge in [0.15, 0.2) is 16.4 Å². The monoisotopic (exact) mass is 442 g/mol. The van der Waals surface area contributed by atoms with Crippen LogP contribution in [-0.4, -0.2) is 46.2 Å². The van der Waals surface area contributed by atoms with Crippen LogP contribution in [0.15, 0.2) is 34.4 Å². The zero-order valence-corrected chi connectivity index (χ0v) is 17.9. The molecule has 0 aliphatic carbocycles. The van der Waals surface area contributed by atoms with Gasteiger partial charge in [0.25, 0.3) is 5.03 Å². The molecule has 0 amide bonds. The third kappa shape index (κ3) is 4.47. The minimum absolute atomic E-state index is 0.0680. The van der Waals surface area contributed by atoms with Crippen LogP contribution in [-0.2, 0) is 29.4 Å². The standard InChI is InChI=1S/C18H20F2N4O3S2/c1-5-28(25)14-6-11(27-10(2)3)8-22-16(14)17-23-12-7-15(29(26)18(19)20)21-9-13(12)24(17)4/h6-10,18H,5H2,1-4H3. The Balaban J connectivity index is 2.13. The van der Waals surface area contributed by atoms with Crippen molar-refractivity contribution in [3.8, 4) is 17.3 Å². The van der Waals surface area contributed by atoms with Gasteiger partial charge in [-0.25, -0.2) is 15.0 Å². The van der Waals surface area contributed by atoms with Crippen LogP contribution in [0.25, 0.3) is 22.6 Å². The predicted octanol–water partition coefficient (Wildman–Crippen LogP) is 3.28. The Labute approximate surface area is 172 Å². The molecule has 156 valence electrons. The summed E-state index contributed by atoms with van der Waals surface area (Å²) in [6.07, 6.45) is 2.80. The number of imidazole rings is 1. The van der Waals surface area contributed by atoms with E-state index in [4.69, 9.17) is 4.74 Å². The van der Waals surface area contributed by atoms with Gasteiger partial charge >= 0.3 is 5.76 Å². The van der Waals surface area contributed by atoms with Gasteiger partial charge in [-0.3, -0.25) is 0 Å². The summed E-state index contributed by atoms with van der Waals surface area (Å²) in [4.78, 5) is 13.2. The molecule has 0 radical (unpaired) electrons. The predicted molar refractivity (Wildman–Crippen MR) is 107 cm³/mol. The fourth-order valence-electron chi connectivity index (χ4n) is 2.74. The van der Waals surface area contributed by atoms with E-state index in [-0.39, 0.29) is 11.1 Å². The summed E-state index contributed by atoms with van der Waals surface area (Å²) >= 11 is -3.86. The van der Waals surface area contributed by atoms with E-state index in [2.05, 4.69) is 15.0 Å². The van der Waals surface area contributed by atoms with Gasteiger partial charge in [-0.2, -0.15) is 8.78 Å². The van der Waals surface area contributed by atoms with E-state index in [1.807, 2.05) is 13.8 Å². The molecule has 0 saturated carbocycles. The highest BCUT2D eigenvalue weighted by atomic mass is 32.2. The second-order valence-electron chi connectivity index (χ2n) is 6.38. The van der Waals surface area contributed by atoms with Crippen molar-refractivity contribution in [3.63, 3.8) is 0 Å². The number of pyridine rings is 2. The Kier molecular flexibility index (Phi) is 6.62. The second kappa shape index (κ2) is 8.82. The average Bonchev–Trinajstić information content (AvgIpc) is 3.02. The van der Waals surface area contributed by atoms with Crippen molar-refractivity contribution in [2.45, 2.75) is 42.6 Å². The Bertz CT molecular complexity index is 1020. The Morgan fingerprint density at radius 1 is 1.17 bits per heavy atom. The first-order valence-corrected chi connectivity index (χ1v) is 11.3. The van der Waals surface area contributed by atoms with Crippen LogP contribution >= 0.6 is 0 Å². The van der Waals surface area contributed by atoms with Crippen molar-refractivity contribution in [1.29, 1.82) is 0 Å². The number of alkyl halides is 2. The first-order chi connectivity index (χ1) is 13.7. The molecule has 2 unspecified atom stereocenters. The average molecular weight is 443 g/mol. The highest BCUT2D eigenvalue weighted by Gasteiger charge is 2.27. The van der Waals surface area contributed by atoms with Gasteiger partial charge in [-0.1, -0.05) is 0 Å². The summed E-state index contributed by atoms with van der Waals surface area (Å²) < 4.78 is 57.1. The van der Waals surface area contributed by atoms with Gasteiger partial charge in [-0.15, -0.1) is 0 Å². The van der Waals surface area contributed by atoms with Crippen LogP contribution < -0.4 is 4.74 Å². The number of aryl methyl sites for hydroxylation is 1. The Morgan fingerprint density at radius 3 is 2.52 bits per heavy atom. The van der Waals surface area contributed by atoms with Crippen molar-refractivity contribution in [2.24, 2.45) is 7.05 Å². The zero-order chi connectivity index (χ0) is 21.3. The van der Waals surface area contributed by atoms with Crippen LogP contribution in [0, 0.1) is 0 Å². The normalized spacial score (nSPS) is 14.0. The number of halogens is 2. The number of ether oxygens (including phenoxy) is 1. The van der Waals surface area contributed by atoms with Crippen LogP contribution in [0.4, 0.5) is 8.78 Å². The largest absolute Gasteiger partial charge is 0.611 e. The van der Waals surface area contributed by atoms with E-state index in [9.17, 15) is 17.9 Å².